The van der Waals surface area contributed by atoms with E-state index >= 15 is 0 Å². The Morgan fingerprint density at radius 3 is 2.47 bits per heavy atom. The molecule has 0 radical (unpaired) electrons. The van der Waals surface area contributed by atoms with Gasteiger partial charge in [0.1, 0.15) is 12.1 Å². The highest BCUT2D eigenvalue weighted by atomic mass is 16.6. The highest BCUT2D eigenvalue weighted by Gasteiger charge is 2.33. The number of hydrogen-bond donors (Lipinski definition) is 2. The lowest BCUT2D eigenvalue weighted by Crippen LogP contribution is -2.40. The SMILES string of the molecule is CC1CC(OC(=O)[C@H]2C[C@@H](O)CN2)CC(C)O1. The van der Waals surface area contributed by atoms with Gasteiger partial charge in [-0.1, -0.05) is 0 Å². The Morgan fingerprint density at radius 2 is 1.94 bits per heavy atom. The topological polar surface area (TPSA) is 67.8 Å². The molecular weight excluding hydrogens is 222 g/mol. The van der Waals surface area contributed by atoms with E-state index in [1.165, 1.54) is 0 Å². The third-order valence-corrected chi connectivity index (χ3v) is 3.33. The molecule has 4 atom stereocenters. The lowest BCUT2D eigenvalue weighted by atomic mass is 10.0. The predicted molar refractivity (Wildman–Crippen MR) is 61.5 cm³/mol. The number of carbonyl (C=O) groups is 1. The first-order chi connectivity index (χ1) is 8.04. The van der Waals surface area contributed by atoms with Gasteiger partial charge in [-0.2, -0.15) is 0 Å². The van der Waals surface area contributed by atoms with Crippen LogP contribution in [-0.2, 0) is 14.3 Å². The van der Waals surface area contributed by atoms with Gasteiger partial charge in [0.05, 0.1) is 18.3 Å². The van der Waals surface area contributed by atoms with E-state index in [4.69, 9.17) is 9.47 Å². The highest BCUT2D eigenvalue weighted by Crippen LogP contribution is 2.22. The van der Waals surface area contributed by atoms with Crippen molar-refractivity contribution in [2.75, 3.05) is 6.54 Å². The molecule has 0 aliphatic carbocycles. The fourth-order valence-corrected chi connectivity index (χ4v) is 2.58. The molecular formula is C12H21NO4. The molecule has 2 unspecified atom stereocenters. The molecule has 2 saturated heterocycles. The second-order valence-corrected chi connectivity index (χ2v) is 5.14. The quantitative estimate of drug-likeness (QED) is 0.679. The maximum absolute atomic E-state index is 11.8. The molecule has 2 heterocycles. The summed E-state index contributed by atoms with van der Waals surface area (Å²) in [6.45, 7) is 4.46. The number of carbonyl (C=O) groups excluding carboxylic acids is 1. The average molecular weight is 243 g/mol. The van der Waals surface area contributed by atoms with Gasteiger partial charge in [0, 0.05) is 25.8 Å². The van der Waals surface area contributed by atoms with Crippen molar-refractivity contribution >= 4 is 5.97 Å². The van der Waals surface area contributed by atoms with Crippen LogP contribution in [0.15, 0.2) is 0 Å². The zero-order valence-corrected chi connectivity index (χ0v) is 10.4. The first-order valence-corrected chi connectivity index (χ1v) is 6.32. The molecule has 0 spiro atoms. The standard InChI is InChI=1S/C12H21NO4/c1-7-3-10(4-8(2)16-7)17-12(15)11-5-9(14)6-13-11/h7-11,13-14H,3-6H2,1-2H3/t7?,8?,9-,10?,11-/m1/s1. The summed E-state index contributed by atoms with van der Waals surface area (Å²) in [7, 11) is 0. The zero-order valence-electron chi connectivity index (χ0n) is 10.4. The molecule has 2 fully saturated rings. The van der Waals surface area contributed by atoms with Crippen molar-refractivity contribution in [1.82, 2.24) is 5.32 Å². The van der Waals surface area contributed by atoms with Crippen LogP contribution >= 0.6 is 0 Å². The number of hydrogen-bond acceptors (Lipinski definition) is 5. The van der Waals surface area contributed by atoms with E-state index < -0.39 is 6.10 Å². The van der Waals surface area contributed by atoms with Crippen molar-refractivity contribution in [2.24, 2.45) is 0 Å². The van der Waals surface area contributed by atoms with E-state index in [1.807, 2.05) is 13.8 Å². The van der Waals surface area contributed by atoms with Crippen molar-refractivity contribution in [2.45, 2.75) is 63.6 Å². The van der Waals surface area contributed by atoms with E-state index in [0.717, 1.165) is 12.8 Å². The molecule has 2 aliphatic heterocycles. The maximum Gasteiger partial charge on any atom is 0.323 e. The summed E-state index contributed by atoms with van der Waals surface area (Å²) >= 11 is 0. The molecule has 0 aromatic heterocycles. The largest absolute Gasteiger partial charge is 0.461 e. The third kappa shape index (κ3) is 3.40. The van der Waals surface area contributed by atoms with Crippen LogP contribution in [-0.4, -0.2) is 48.1 Å². The Kier molecular flexibility index (Phi) is 4.01. The molecule has 0 aromatic rings. The van der Waals surface area contributed by atoms with Crippen LogP contribution in [0.25, 0.3) is 0 Å². The van der Waals surface area contributed by atoms with E-state index in [0.29, 0.717) is 13.0 Å². The van der Waals surface area contributed by atoms with E-state index in [2.05, 4.69) is 5.32 Å². The number of rotatable bonds is 2. The fourth-order valence-electron chi connectivity index (χ4n) is 2.58. The smallest absolute Gasteiger partial charge is 0.323 e. The summed E-state index contributed by atoms with van der Waals surface area (Å²) in [4.78, 5) is 11.8. The summed E-state index contributed by atoms with van der Waals surface area (Å²) < 4.78 is 11.1. The van der Waals surface area contributed by atoms with Crippen molar-refractivity contribution in [3.8, 4) is 0 Å². The Morgan fingerprint density at radius 1 is 1.29 bits per heavy atom. The summed E-state index contributed by atoms with van der Waals surface area (Å²) in [5, 5.41) is 12.3. The Balaban J connectivity index is 1.81. The van der Waals surface area contributed by atoms with E-state index in [-0.39, 0.29) is 30.3 Å². The number of β-amino-alcohol motifs (C(OH)–C–C–N with tert-alkyl or cyclic N) is 1. The summed E-state index contributed by atoms with van der Waals surface area (Å²) in [6, 6.07) is -0.349. The van der Waals surface area contributed by atoms with Crippen molar-refractivity contribution in [3.05, 3.63) is 0 Å². The number of esters is 1. The van der Waals surface area contributed by atoms with Crippen molar-refractivity contribution in [1.29, 1.82) is 0 Å². The number of aliphatic hydroxyl groups excluding tert-OH is 1. The molecule has 2 aliphatic rings. The number of ether oxygens (including phenoxy) is 2. The van der Waals surface area contributed by atoms with Crippen LogP contribution in [0.1, 0.15) is 33.1 Å². The van der Waals surface area contributed by atoms with Crippen LogP contribution in [0, 0.1) is 0 Å². The van der Waals surface area contributed by atoms with Crippen LogP contribution < -0.4 is 5.32 Å². The van der Waals surface area contributed by atoms with Gasteiger partial charge in [-0.05, 0) is 13.8 Å². The molecule has 0 aromatic carbocycles. The van der Waals surface area contributed by atoms with Gasteiger partial charge in [-0.25, -0.2) is 0 Å². The van der Waals surface area contributed by atoms with Gasteiger partial charge in [-0.15, -0.1) is 0 Å². The summed E-state index contributed by atoms with van der Waals surface area (Å²) in [5.41, 5.74) is 0. The van der Waals surface area contributed by atoms with Gasteiger partial charge in [0.25, 0.3) is 0 Å². The van der Waals surface area contributed by atoms with Crippen molar-refractivity contribution < 1.29 is 19.4 Å². The molecule has 2 rings (SSSR count). The molecule has 17 heavy (non-hydrogen) atoms. The second-order valence-electron chi connectivity index (χ2n) is 5.14. The third-order valence-electron chi connectivity index (χ3n) is 3.33. The van der Waals surface area contributed by atoms with Gasteiger partial charge in [0.2, 0.25) is 0 Å². The average Bonchev–Trinajstić information content (AvgIpc) is 2.63. The fraction of sp³-hybridized carbons (Fsp3) is 0.917. The van der Waals surface area contributed by atoms with E-state index in [1.54, 1.807) is 0 Å². The molecule has 5 heteroatoms. The number of aliphatic hydroxyl groups is 1. The lowest BCUT2D eigenvalue weighted by molar-refractivity contribution is -0.161. The van der Waals surface area contributed by atoms with Gasteiger partial charge >= 0.3 is 5.97 Å². The van der Waals surface area contributed by atoms with Crippen molar-refractivity contribution in [3.63, 3.8) is 0 Å². The minimum atomic E-state index is -0.430. The Bertz CT molecular complexity index is 274. The van der Waals surface area contributed by atoms with Crippen LogP contribution in [0.2, 0.25) is 0 Å². The summed E-state index contributed by atoms with van der Waals surface area (Å²) in [6.07, 6.45) is 1.75. The highest BCUT2D eigenvalue weighted by molar-refractivity contribution is 5.76. The van der Waals surface area contributed by atoms with Gasteiger partial charge in [-0.3, -0.25) is 4.79 Å². The first kappa shape index (κ1) is 12.8. The normalized spacial score (nSPS) is 42.4. The molecule has 5 nitrogen and oxygen atoms in total. The van der Waals surface area contributed by atoms with Gasteiger partial charge in [0.15, 0.2) is 0 Å². The maximum atomic E-state index is 11.8. The molecule has 0 saturated carbocycles. The lowest BCUT2D eigenvalue weighted by Gasteiger charge is -2.32. The Hall–Kier alpha value is -0.650. The van der Waals surface area contributed by atoms with Crippen LogP contribution in [0.5, 0.6) is 0 Å². The number of nitrogens with one attached hydrogen (secondary N) is 1. The minimum Gasteiger partial charge on any atom is -0.461 e. The van der Waals surface area contributed by atoms with Crippen LogP contribution in [0.3, 0.4) is 0 Å². The summed E-state index contributed by atoms with van der Waals surface area (Å²) in [5.74, 6) is -0.243. The Labute approximate surface area is 101 Å². The molecule has 0 amide bonds. The predicted octanol–water partition coefficient (Wildman–Crippen LogP) is 0.208. The zero-order chi connectivity index (χ0) is 12.4. The first-order valence-electron chi connectivity index (χ1n) is 6.32. The minimum absolute atomic E-state index is 0.0548. The second kappa shape index (κ2) is 5.33. The molecule has 98 valence electrons. The monoisotopic (exact) mass is 243 g/mol. The van der Waals surface area contributed by atoms with E-state index in [9.17, 15) is 9.90 Å². The van der Waals surface area contributed by atoms with Gasteiger partial charge < -0.3 is 19.9 Å². The molecule has 0 bridgehead atoms. The molecule has 2 N–H and O–H groups in total. The van der Waals surface area contributed by atoms with Crippen LogP contribution in [0.4, 0.5) is 0 Å².